The summed E-state index contributed by atoms with van der Waals surface area (Å²) in [4.78, 5) is 24.5. The van der Waals surface area contributed by atoms with Crippen LogP contribution in [0.25, 0.3) is 6.08 Å². The molecule has 0 aliphatic carbocycles. The van der Waals surface area contributed by atoms with E-state index in [1.165, 1.54) is 63.9 Å². The Bertz CT molecular complexity index is 1150. The fourth-order valence-electron chi connectivity index (χ4n) is 4.22. The number of carbonyl (C=O) groups excluding carboxylic acids is 2. The largest absolute Gasteiger partial charge is 0.494 e. The van der Waals surface area contributed by atoms with Crippen molar-refractivity contribution in [3.8, 4) is 11.5 Å². The molecule has 3 aromatic carbocycles. The summed E-state index contributed by atoms with van der Waals surface area (Å²) in [6.07, 6.45) is 16.0. The van der Waals surface area contributed by atoms with E-state index >= 15 is 0 Å². The van der Waals surface area contributed by atoms with Gasteiger partial charge >= 0.3 is 11.9 Å². The number of benzene rings is 3. The number of rotatable bonds is 18. The van der Waals surface area contributed by atoms with Gasteiger partial charge in [0.15, 0.2) is 0 Å². The molecule has 0 heterocycles. The maximum absolute atomic E-state index is 12.5. The zero-order chi connectivity index (χ0) is 28.3. The SMILES string of the molecule is CCCCCCCCCCCCOc1ccc(C(=O)Oc2ccc(/C=C/C(=O)OCc3ccccc3)cc2)cc1. The molecule has 0 N–H and O–H groups in total. The van der Waals surface area contributed by atoms with E-state index in [9.17, 15) is 9.59 Å². The Morgan fingerprint density at radius 1 is 0.675 bits per heavy atom. The van der Waals surface area contributed by atoms with Crippen molar-refractivity contribution >= 4 is 18.0 Å². The topological polar surface area (TPSA) is 61.8 Å². The molecule has 0 spiro atoms. The highest BCUT2D eigenvalue weighted by Gasteiger charge is 2.09. The quantitative estimate of drug-likeness (QED) is 0.0695. The van der Waals surface area contributed by atoms with Gasteiger partial charge in [0, 0.05) is 6.08 Å². The molecular weight excluding hydrogens is 500 g/mol. The zero-order valence-corrected chi connectivity index (χ0v) is 23.7. The van der Waals surface area contributed by atoms with Crippen LogP contribution in [0, 0.1) is 0 Å². The van der Waals surface area contributed by atoms with Crippen molar-refractivity contribution in [1.82, 2.24) is 0 Å². The molecule has 0 saturated heterocycles. The van der Waals surface area contributed by atoms with Crippen LogP contribution in [0.1, 0.15) is 92.6 Å². The monoisotopic (exact) mass is 542 g/mol. The molecule has 3 rings (SSSR count). The Labute approximate surface area is 239 Å². The van der Waals surface area contributed by atoms with E-state index < -0.39 is 11.9 Å². The average molecular weight is 543 g/mol. The maximum Gasteiger partial charge on any atom is 0.343 e. The molecule has 5 nitrogen and oxygen atoms in total. The van der Waals surface area contributed by atoms with E-state index in [2.05, 4.69) is 6.92 Å². The van der Waals surface area contributed by atoms with Crippen LogP contribution >= 0.6 is 0 Å². The number of unbranched alkanes of at least 4 members (excludes halogenated alkanes) is 9. The number of ether oxygens (including phenoxy) is 3. The lowest BCUT2D eigenvalue weighted by Crippen LogP contribution is -2.08. The third kappa shape index (κ3) is 12.3. The second-order valence-electron chi connectivity index (χ2n) is 9.94. The van der Waals surface area contributed by atoms with Crippen LogP contribution in [-0.2, 0) is 16.1 Å². The molecule has 3 aromatic rings. The molecule has 0 aromatic heterocycles. The molecule has 0 fully saturated rings. The van der Waals surface area contributed by atoms with Gasteiger partial charge in [-0.05, 0) is 60.0 Å². The highest BCUT2D eigenvalue weighted by molar-refractivity contribution is 5.91. The molecule has 0 bridgehead atoms. The van der Waals surface area contributed by atoms with Crippen LogP contribution in [-0.4, -0.2) is 18.5 Å². The number of esters is 2. The Morgan fingerprint density at radius 2 is 1.27 bits per heavy atom. The van der Waals surface area contributed by atoms with Gasteiger partial charge in [0.05, 0.1) is 12.2 Å². The summed E-state index contributed by atoms with van der Waals surface area (Å²) in [5, 5.41) is 0. The van der Waals surface area contributed by atoms with Crippen LogP contribution in [0.2, 0.25) is 0 Å². The summed E-state index contributed by atoms with van der Waals surface area (Å²) in [7, 11) is 0. The van der Waals surface area contributed by atoms with Crippen molar-refractivity contribution in [1.29, 1.82) is 0 Å². The fourth-order valence-corrected chi connectivity index (χ4v) is 4.22. The molecule has 212 valence electrons. The fraction of sp³-hybridized carbons (Fsp3) is 0.371. The van der Waals surface area contributed by atoms with Crippen molar-refractivity contribution in [2.75, 3.05) is 6.61 Å². The van der Waals surface area contributed by atoms with E-state index in [0.717, 1.165) is 23.3 Å². The van der Waals surface area contributed by atoms with Gasteiger partial charge in [0.2, 0.25) is 0 Å². The predicted octanol–water partition coefficient (Wildman–Crippen LogP) is 8.96. The third-order valence-electron chi connectivity index (χ3n) is 6.58. The first-order chi connectivity index (χ1) is 19.6. The Morgan fingerprint density at radius 3 is 1.93 bits per heavy atom. The molecule has 0 unspecified atom stereocenters. The van der Waals surface area contributed by atoms with Gasteiger partial charge in [-0.1, -0.05) is 107 Å². The minimum absolute atomic E-state index is 0.228. The van der Waals surface area contributed by atoms with Gasteiger partial charge in [0.1, 0.15) is 18.1 Å². The molecule has 5 heteroatoms. The summed E-state index contributed by atoms with van der Waals surface area (Å²) in [6.45, 7) is 3.17. The summed E-state index contributed by atoms with van der Waals surface area (Å²) in [6, 6.07) is 23.5. The predicted molar refractivity (Wildman–Crippen MR) is 160 cm³/mol. The van der Waals surface area contributed by atoms with Gasteiger partial charge in [-0.2, -0.15) is 0 Å². The number of carbonyl (C=O) groups is 2. The van der Waals surface area contributed by atoms with Gasteiger partial charge in [-0.25, -0.2) is 9.59 Å². The summed E-state index contributed by atoms with van der Waals surface area (Å²) in [5.74, 6) is 0.324. The van der Waals surface area contributed by atoms with Gasteiger partial charge in [-0.15, -0.1) is 0 Å². The number of hydrogen-bond acceptors (Lipinski definition) is 5. The van der Waals surface area contributed by atoms with Gasteiger partial charge in [-0.3, -0.25) is 0 Å². The summed E-state index contributed by atoms with van der Waals surface area (Å²) < 4.78 is 16.6. The molecule has 0 saturated carbocycles. The minimum Gasteiger partial charge on any atom is -0.494 e. The van der Waals surface area contributed by atoms with Crippen molar-refractivity contribution < 1.29 is 23.8 Å². The van der Waals surface area contributed by atoms with Gasteiger partial charge < -0.3 is 14.2 Å². The summed E-state index contributed by atoms with van der Waals surface area (Å²) in [5.41, 5.74) is 2.18. The molecule has 0 aliphatic heterocycles. The number of hydrogen-bond donors (Lipinski definition) is 0. The second-order valence-corrected chi connectivity index (χ2v) is 9.94. The maximum atomic E-state index is 12.5. The van der Waals surface area contributed by atoms with Crippen LogP contribution in [0.4, 0.5) is 0 Å². The highest BCUT2D eigenvalue weighted by Crippen LogP contribution is 2.18. The van der Waals surface area contributed by atoms with Crippen LogP contribution < -0.4 is 9.47 Å². The Balaban J connectivity index is 1.31. The molecule has 0 atom stereocenters. The smallest absolute Gasteiger partial charge is 0.343 e. The van der Waals surface area contributed by atoms with Crippen LogP contribution in [0.3, 0.4) is 0 Å². The first-order valence-electron chi connectivity index (χ1n) is 14.6. The van der Waals surface area contributed by atoms with Crippen molar-refractivity contribution in [2.24, 2.45) is 0 Å². The van der Waals surface area contributed by atoms with E-state index in [-0.39, 0.29) is 6.61 Å². The van der Waals surface area contributed by atoms with E-state index in [1.807, 2.05) is 30.3 Å². The molecule has 0 aliphatic rings. The first kappa shape index (κ1) is 30.7. The zero-order valence-electron chi connectivity index (χ0n) is 23.7. The van der Waals surface area contributed by atoms with Crippen molar-refractivity contribution in [2.45, 2.75) is 77.7 Å². The van der Waals surface area contributed by atoms with Crippen LogP contribution in [0.15, 0.2) is 84.9 Å². The van der Waals surface area contributed by atoms with Crippen LogP contribution in [0.5, 0.6) is 11.5 Å². The van der Waals surface area contributed by atoms with Gasteiger partial charge in [0.25, 0.3) is 0 Å². The molecule has 40 heavy (non-hydrogen) atoms. The Kier molecular flexibility index (Phi) is 14.1. The Hall–Kier alpha value is -3.86. The lowest BCUT2D eigenvalue weighted by Gasteiger charge is -2.08. The third-order valence-corrected chi connectivity index (χ3v) is 6.58. The average Bonchev–Trinajstić information content (AvgIpc) is 2.99. The second kappa shape index (κ2) is 18.4. The highest BCUT2D eigenvalue weighted by atomic mass is 16.5. The molecule has 0 radical (unpaired) electrons. The molecule has 0 amide bonds. The summed E-state index contributed by atoms with van der Waals surface area (Å²) >= 11 is 0. The first-order valence-corrected chi connectivity index (χ1v) is 14.6. The van der Waals surface area contributed by atoms with E-state index in [4.69, 9.17) is 14.2 Å². The normalized spacial score (nSPS) is 10.9. The standard InChI is InChI=1S/C35H42O5/c1-2-3-4-5-6-7-8-9-10-14-27-38-32-24-20-31(21-25-32)35(37)40-33-22-17-29(18-23-33)19-26-34(36)39-28-30-15-12-11-13-16-30/h11-13,15-26H,2-10,14,27-28H2,1H3/b26-19+. The minimum atomic E-state index is -0.436. The van der Waals surface area contributed by atoms with Crippen molar-refractivity contribution in [3.05, 3.63) is 102 Å². The lowest BCUT2D eigenvalue weighted by molar-refractivity contribution is -0.138. The van der Waals surface area contributed by atoms with E-state index in [0.29, 0.717) is 17.9 Å². The lowest BCUT2D eigenvalue weighted by atomic mass is 10.1. The molecular formula is C35H42O5. The van der Waals surface area contributed by atoms with Crippen molar-refractivity contribution in [3.63, 3.8) is 0 Å². The van der Waals surface area contributed by atoms with E-state index in [1.54, 1.807) is 54.6 Å².